The van der Waals surface area contributed by atoms with Gasteiger partial charge in [-0.1, -0.05) is 22.5 Å². The molecular weight excluding hydrogens is 273 g/mol. The lowest BCUT2D eigenvalue weighted by Gasteiger charge is -2.07. The number of ether oxygens (including phenoxy) is 1. The molecular formula is C12H15BrFNO. The Morgan fingerprint density at radius 1 is 1.50 bits per heavy atom. The van der Waals surface area contributed by atoms with E-state index in [4.69, 9.17) is 4.74 Å². The van der Waals surface area contributed by atoms with E-state index < -0.39 is 0 Å². The van der Waals surface area contributed by atoms with Crippen LogP contribution in [0.1, 0.15) is 12.0 Å². The third kappa shape index (κ3) is 4.77. The van der Waals surface area contributed by atoms with Gasteiger partial charge < -0.3 is 10.1 Å². The molecule has 1 aromatic carbocycles. The standard InChI is InChI=1S/C12H15BrFNO/c1-2-16-7-3-6-15-9-10-8-11(14)4-5-12(10)13/h2,4-5,8,15H,1,3,6-7,9H2. The summed E-state index contributed by atoms with van der Waals surface area (Å²) >= 11 is 3.38. The Morgan fingerprint density at radius 2 is 2.31 bits per heavy atom. The molecule has 0 amide bonds. The molecule has 0 spiro atoms. The third-order valence-electron chi connectivity index (χ3n) is 2.06. The first-order valence-electron chi connectivity index (χ1n) is 5.11. The summed E-state index contributed by atoms with van der Waals surface area (Å²) < 4.78 is 18.8. The van der Waals surface area contributed by atoms with Crippen molar-refractivity contribution in [3.63, 3.8) is 0 Å². The Labute approximate surface area is 104 Å². The summed E-state index contributed by atoms with van der Waals surface area (Å²) in [6.45, 7) is 5.59. The molecule has 0 saturated heterocycles. The number of nitrogens with one attached hydrogen (secondary N) is 1. The van der Waals surface area contributed by atoms with E-state index in [-0.39, 0.29) is 5.82 Å². The van der Waals surface area contributed by atoms with Crippen molar-refractivity contribution < 1.29 is 9.13 Å². The van der Waals surface area contributed by atoms with Crippen molar-refractivity contribution in [3.05, 3.63) is 46.9 Å². The van der Waals surface area contributed by atoms with Crippen LogP contribution in [-0.4, -0.2) is 13.2 Å². The number of halogens is 2. The largest absolute Gasteiger partial charge is 0.502 e. The van der Waals surface area contributed by atoms with E-state index in [1.807, 2.05) is 0 Å². The smallest absolute Gasteiger partial charge is 0.123 e. The van der Waals surface area contributed by atoms with Gasteiger partial charge in [-0.3, -0.25) is 0 Å². The normalized spacial score (nSPS) is 10.1. The van der Waals surface area contributed by atoms with Crippen LogP contribution in [0, 0.1) is 5.82 Å². The molecule has 0 fully saturated rings. The Balaban J connectivity index is 2.26. The van der Waals surface area contributed by atoms with Gasteiger partial charge in [0, 0.05) is 11.0 Å². The predicted octanol–water partition coefficient (Wildman–Crippen LogP) is 3.23. The van der Waals surface area contributed by atoms with Crippen molar-refractivity contribution in [2.45, 2.75) is 13.0 Å². The van der Waals surface area contributed by atoms with Gasteiger partial charge in [0.05, 0.1) is 12.9 Å². The minimum absolute atomic E-state index is 0.213. The minimum atomic E-state index is -0.213. The monoisotopic (exact) mass is 287 g/mol. The first-order valence-corrected chi connectivity index (χ1v) is 5.90. The van der Waals surface area contributed by atoms with Crippen molar-refractivity contribution in [2.75, 3.05) is 13.2 Å². The van der Waals surface area contributed by atoms with Gasteiger partial charge in [0.1, 0.15) is 5.82 Å². The van der Waals surface area contributed by atoms with Gasteiger partial charge in [0.2, 0.25) is 0 Å². The molecule has 88 valence electrons. The Hall–Kier alpha value is -0.870. The highest BCUT2D eigenvalue weighted by Crippen LogP contribution is 2.17. The zero-order chi connectivity index (χ0) is 11.8. The van der Waals surface area contributed by atoms with Crippen LogP contribution in [0.2, 0.25) is 0 Å². The van der Waals surface area contributed by atoms with Crippen molar-refractivity contribution in [2.24, 2.45) is 0 Å². The van der Waals surface area contributed by atoms with Gasteiger partial charge in [0.15, 0.2) is 0 Å². The molecule has 0 aliphatic rings. The Morgan fingerprint density at radius 3 is 3.06 bits per heavy atom. The van der Waals surface area contributed by atoms with Gasteiger partial charge in [0.25, 0.3) is 0 Å². The lowest BCUT2D eigenvalue weighted by molar-refractivity contribution is 0.244. The van der Waals surface area contributed by atoms with Crippen LogP contribution >= 0.6 is 15.9 Å². The summed E-state index contributed by atoms with van der Waals surface area (Å²) in [5.41, 5.74) is 0.921. The molecule has 0 saturated carbocycles. The number of benzene rings is 1. The number of hydrogen-bond donors (Lipinski definition) is 1. The van der Waals surface area contributed by atoms with Crippen LogP contribution in [0.4, 0.5) is 4.39 Å². The Kier molecular flexibility index (Phi) is 6.11. The summed E-state index contributed by atoms with van der Waals surface area (Å²) in [5.74, 6) is -0.213. The molecule has 0 aliphatic carbocycles. The summed E-state index contributed by atoms with van der Waals surface area (Å²) in [6, 6.07) is 4.68. The van der Waals surface area contributed by atoms with E-state index in [0.29, 0.717) is 13.2 Å². The molecule has 0 radical (unpaired) electrons. The van der Waals surface area contributed by atoms with Crippen molar-refractivity contribution >= 4 is 15.9 Å². The number of hydrogen-bond acceptors (Lipinski definition) is 2. The summed E-state index contributed by atoms with van der Waals surface area (Å²) in [4.78, 5) is 0. The topological polar surface area (TPSA) is 21.3 Å². The van der Waals surface area contributed by atoms with Crippen LogP contribution in [0.3, 0.4) is 0 Å². The maximum atomic E-state index is 12.9. The SMILES string of the molecule is C=COCCCNCc1cc(F)ccc1Br. The van der Waals surface area contributed by atoms with Crippen molar-refractivity contribution in [3.8, 4) is 0 Å². The first kappa shape index (κ1) is 13.2. The lowest BCUT2D eigenvalue weighted by atomic mass is 10.2. The summed E-state index contributed by atoms with van der Waals surface area (Å²) in [6.07, 6.45) is 2.34. The zero-order valence-electron chi connectivity index (χ0n) is 9.01. The lowest BCUT2D eigenvalue weighted by Crippen LogP contribution is -2.16. The second kappa shape index (κ2) is 7.41. The van der Waals surface area contributed by atoms with Gasteiger partial charge in [-0.05, 0) is 36.7 Å². The quantitative estimate of drug-likeness (QED) is 0.614. The van der Waals surface area contributed by atoms with Crippen LogP contribution in [0.15, 0.2) is 35.5 Å². The van der Waals surface area contributed by atoms with Crippen molar-refractivity contribution in [1.29, 1.82) is 0 Å². The molecule has 1 rings (SSSR count). The molecule has 0 unspecified atom stereocenters. The molecule has 0 aliphatic heterocycles. The molecule has 1 N–H and O–H groups in total. The fraction of sp³-hybridized carbons (Fsp3) is 0.333. The van der Waals surface area contributed by atoms with Crippen LogP contribution in [0.25, 0.3) is 0 Å². The molecule has 0 heterocycles. The van der Waals surface area contributed by atoms with E-state index in [0.717, 1.165) is 23.0 Å². The van der Waals surface area contributed by atoms with Gasteiger partial charge in [-0.2, -0.15) is 0 Å². The molecule has 2 nitrogen and oxygen atoms in total. The fourth-order valence-electron chi connectivity index (χ4n) is 1.27. The number of rotatable bonds is 7. The van der Waals surface area contributed by atoms with Gasteiger partial charge in [-0.25, -0.2) is 4.39 Å². The Bertz CT molecular complexity index is 344. The molecule has 0 atom stereocenters. The van der Waals surface area contributed by atoms with E-state index in [9.17, 15) is 4.39 Å². The zero-order valence-corrected chi connectivity index (χ0v) is 10.6. The van der Waals surface area contributed by atoms with E-state index in [2.05, 4.69) is 27.8 Å². The molecule has 4 heteroatoms. The highest BCUT2D eigenvalue weighted by atomic mass is 79.9. The molecule has 16 heavy (non-hydrogen) atoms. The minimum Gasteiger partial charge on any atom is -0.502 e. The van der Waals surface area contributed by atoms with E-state index >= 15 is 0 Å². The molecule has 0 bridgehead atoms. The predicted molar refractivity (Wildman–Crippen MR) is 66.6 cm³/mol. The third-order valence-corrected chi connectivity index (χ3v) is 2.83. The summed E-state index contributed by atoms with van der Waals surface area (Å²) in [7, 11) is 0. The van der Waals surface area contributed by atoms with Crippen LogP contribution in [-0.2, 0) is 11.3 Å². The van der Waals surface area contributed by atoms with Crippen LogP contribution < -0.4 is 5.32 Å². The van der Waals surface area contributed by atoms with E-state index in [1.54, 1.807) is 6.07 Å². The molecule has 1 aromatic rings. The first-order chi connectivity index (χ1) is 7.74. The second-order valence-electron chi connectivity index (χ2n) is 3.30. The second-order valence-corrected chi connectivity index (χ2v) is 4.16. The van der Waals surface area contributed by atoms with Crippen molar-refractivity contribution in [1.82, 2.24) is 5.32 Å². The maximum Gasteiger partial charge on any atom is 0.123 e. The fourth-order valence-corrected chi connectivity index (χ4v) is 1.65. The highest BCUT2D eigenvalue weighted by molar-refractivity contribution is 9.10. The average molecular weight is 288 g/mol. The summed E-state index contributed by atoms with van der Waals surface area (Å²) in [5, 5.41) is 3.22. The van der Waals surface area contributed by atoms with Gasteiger partial charge in [-0.15, -0.1) is 0 Å². The van der Waals surface area contributed by atoms with E-state index in [1.165, 1.54) is 18.4 Å². The van der Waals surface area contributed by atoms with Crippen LogP contribution in [0.5, 0.6) is 0 Å². The van der Waals surface area contributed by atoms with Gasteiger partial charge >= 0.3 is 0 Å². The average Bonchev–Trinajstić information content (AvgIpc) is 2.28. The highest BCUT2D eigenvalue weighted by Gasteiger charge is 2.00. The maximum absolute atomic E-state index is 12.9. The molecule has 0 aromatic heterocycles.